The highest BCUT2D eigenvalue weighted by molar-refractivity contribution is 6.30. The Kier molecular flexibility index (Phi) is 5.31. The number of carbonyl (C=O) groups excluding carboxylic acids is 1. The number of halogens is 1. The van der Waals surface area contributed by atoms with Crippen molar-refractivity contribution in [1.82, 2.24) is 0 Å². The molecular formula is C20H21ClN2O. The van der Waals surface area contributed by atoms with Gasteiger partial charge in [-0.3, -0.25) is 9.79 Å². The van der Waals surface area contributed by atoms with Crippen molar-refractivity contribution in [3.8, 4) is 0 Å². The molecule has 0 saturated heterocycles. The Bertz CT molecular complexity index is 752. The van der Waals surface area contributed by atoms with Gasteiger partial charge in [-0.25, -0.2) is 0 Å². The molecule has 0 amide bonds. The van der Waals surface area contributed by atoms with Crippen molar-refractivity contribution in [3.63, 3.8) is 0 Å². The molecular weight excluding hydrogens is 320 g/mol. The third-order valence-corrected chi connectivity index (χ3v) is 4.54. The zero-order valence-electron chi connectivity index (χ0n) is 13.8. The molecule has 124 valence electrons. The Morgan fingerprint density at radius 2 is 1.88 bits per heavy atom. The average molecular weight is 341 g/mol. The van der Waals surface area contributed by atoms with Crippen molar-refractivity contribution in [2.45, 2.75) is 26.2 Å². The number of carbonyl (C=O) groups is 1. The molecule has 0 bridgehead atoms. The lowest BCUT2D eigenvalue weighted by Gasteiger charge is -2.29. The van der Waals surface area contributed by atoms with Crippen molar-refractivity contribution >= 4 is 28.9 Å². The van der Waals surface area contributed by atoms with E-state index in [1.165, 1.54) is 0 Å². The van der Waals surface area contributed by atoms with Gasteiger partial charge in [-0.2, -0.15) is 0 Å². The first-order chi connectivity index (χ1) is 11.6. The van der Waals surface area contributed by atoms with Gasteiger partial charge in [0.15, 0.2) is 5.78 Å². The van der Waals surface area contributed by atoms with Crippen molar-refractivity contribution in [2.24, 2.45) is 4.99 Å². The van der Waals surface area contributed by atoms with Gasteiger partial charge < -0.3 is 4.90 Å². The Hall–Kier alpha value is -2.13. The van der Waals surface area contributed by atoms with Crippen LogP contribution in [0.2, 0.25) is 5.02 Å². The van der Waals surface area contributed by atoms with Crippen molar-refractivity contribution < 1.29 is 4.79 Å². The summed E-state index contributed by atoms with van der Waals surface area (Å²) in [4.78, 5) is 19.5. The zero-order valence-corrected chi connectivity index (χ0v) is 14.6. The minimum atomic E-state index is 0.0724. The van der Waals surface area contributed by atoms with Crippen LogP contribution in [-0.4, -0.2) is 24.7 Å². The van der Waals surface area contributed by atoms with Crippen molar-refractivity contribution in [2.75, 3.05) is 18.0 Å². The lowest BCUT2D eigenvalue weighted by molar-refractivity contribution is 0.100. The molecule has 0 N–H and O–H groups in total. The standard InChI is InChI=1S/C20H21ClN2O/c1-15-6-2-3-7-18(15)23(20-8-4-5-13-22-20)14-19(24)16-9-11-17(21)12-10-16/h2-3,6-7,9-12H,4-5,8,13-14H2,1H3. The summed E-state index contributed by atoms with van der Waals surface area (Å²) in [6.45, 7) is 3.21. The van der Waals surface area contributed by atoms with E-state index in [0.29, 0.717) is 17.1 Å². The molecule has 1 aliphatic heterocycles. The highest BCUT2D eigenvalue weighted by atomic mass is 35.5. The van der Waals surface area contributed by atoms with Gasteiger partial charge in [0.1, 0.15) is 5.84 Å². The summed E-state index contributed by atoms with van der Waals surface area (Å²) in [7, 11) is 0. The normalized spacial score (nSPS) is 14.2. The van der Waals surface area contributed by atoms with Crippen LogP contribution in [0.1, 0.15) is 35.2 Å². The molecule has 0 saturated carbocycles. The highest BCUT2D eigenvalue weighted by Gasteiger charge is 2.21. The molecule has 0 unspecified atom stereocenters. The lowest BCUT2D eigenvalue weighted by Crippen LogP contribution is -2.37. The molecule has 4 heteroatoms. The van der Waals surface area contributed by atoms with Gasteiger partial charge in [-0.05, 0) is 55.7 Å². The van der Waals surface area contributed by atoms with Crippen molar-refractivity contribution in [1.29, 1.82) is 0 Å². The lowest BCUT2D eigenvalue weighted by atomic mass is 10.1. The minimum absolute atomic E-state index is 0.0724. The minimum Gasteiger partial charge on any atom is -0.322 e. The van der Waals surface area contributed by atoms with E-state index in [1.807, 2.05) is 12.1 Å². The summed E-state index contributed by atoms with van der Waals surface area (Å²) >= 11 is 5.92. The molecule has 3 nitrogen and oxygen atoms in total. The number of ketones is 1. The summed E-state index contributed by atoms with van der Waals surface area (Å²) in [6.07, 6.45) is 3.16. The largest absolute Gasteiger partial charge is 0.322 e. The van der Waals surface area contributed by atoms with Gasteiger partial charge in [0.2, 0.25) is 0 Å². The zero-order chi connectivity index (χ0) is 16.9. The highest BCUT2D eigenvalue weighted by Crippen LogP contribution is 2.23. The van der Waals surface area contributed by atoms with Gasteiger partial charge >= 0.3 is 0 Å². The van der Waals surface area contributed by atoms with E-state index in [2.05, 4.69) is 28.9 Å². The predicted octanol–water partition coefficient (Wildman–Crippen LogP) is 4.92. The molecule has 24 heavy (non-hydrogen) atoms. The third-order valence-electron chi connectivity index (χ3n) is 4.29. The van der Waals surface area contributed by atoms with E-state index in [0.717, 1.165) is 42.9 Å². The number of rotatable bonds is 4. The van der Waals surface area contributed by atoms with E-state index in [4.69, 9.17) is 11.6 Å². The fourth-order valence-electron chi connectivity index (χ4n) is 2.95. The van der Waals surface area contributed by atoms with Gasteiger partial charge in [0, 0.05) is 29.2 Å². The van der Waals surface area contributed by atoms with Crippen LogP contribution in [-0.2, 0) is 0 Å². The average Bonchev–Trinajstić information content (AvgIpc) is 2.61. The molecule has 3 rings (SSSR count). The Labute approximate surface area is 148 Å². The summed E-state index contributed by atoms with van der Waals surface area (Å²) in [5, 5.41) is 0.638. The van der Waals surface area contributed by atoms with E-state index >= 15 is 0 Å². The number of aryl methyl sites for hydroxylation is 1. The maximum absolute atomic E-state index is 12.8. The smallest absolute Gasteiger partial charge is 0.182 e. The maximum atomic E-state index is 12.8. The number of anilines is 1. The molecule has 0 aromatic heterocycles. The van der Waals surface area contributed by atoms with E-state index in [-0.39, 0.29) is 5.78 Å². The van der Waals surface area contributed by atoms with Crippen LogP contribution >= 0.6 is 11.6 Å². The second-order valence-electron chi connectivity index (χ2n) is 6.06. The van der Waals surface area contributed by atoms with Gasteiger partial charge in [-0.1, -0.05) is 29.8 Å². The molecule has 2 aromatic carbocycles. The Balaban J connectivity index is 1.90. The molecule has 2 aromatic rings. The van der Waals surface area contributed by atoms with Crippen LogP contribution in [0, 0.1) is 6.92 Å². The number of hydrogen-bond acceptors (Lipinski definition) is 3. The van der Waals surface area contributed by atoms with Gasteiger partial charge in [0.25, 0.3) is 0 Å². The summed E-state index contributed by atoms with van der Waals surface area (Å²) in [5.41, 5.74) is 2.88. The number of hydrogen-bond donors (Lipinski definition) is 0. The van der Waals surface area contributed by atoms with E-state index < -0.39 is 0 Å². The predicted molar refractivity (Wildman–Crippen MR) is 100 cm³/mol. The number of Topliss-reactive ketones (excluding diaryl/α,β-unsaturated/α-hetero) is 1. The fraction of sp³-hybridized carbons (Fsp3) is 0.300. The van der Waals surface area contributed by atoms with Crippen LogP contribution in [0.4, 0.5) is 5.69 Å². The first kappa shape index (κ1) is 16.7. The first-order valence-corrected chi connectivity index (χ1v) is 8.68. The van der Waals surface area contributed by atoms with Gasteiger partial charge in [-0.15, -0.1) is 0 Å². The molecule has 1 aliphatic rings. The van der Waals surface area contributed by atoms with Gasteiger partial charge in [0.05, 0.1) is 6.54 Å². The van der Waals surface area contributed by atoms with Crippen molar-refractivity contribution in [3.05, 3.63) is 64.7 Å². The van der Waals surface area contributed by atoms with Crippen LogP contribution in [0.5, 0.6) is 0 Å². The molecule has 0 fully saturated rings. The topological polar surface area (TPSA) is 32.7 Å². The number of aliphatic imine (C=N–C) groups is 1. The summed E-state index contributed by atoms with van der Waals surface area (Å²) in [5.74, 6) is 1.08. The van der Waals surface area contributed by atoms with Crippen LogP contribution in [0.15, 0.2) is 53.5 Å². The first-order valence-electron chi connectivity index (χ1n) is 8.30. The molecule has 0 spiro atoms. The number of benzene rings is 2. The SMILES string of the molecule is Cc1ccccc1N(CC(=O)c1ccc(Cl)cc1)C1=NCCCC1. The van der Waals surface area contributed by atoms with Crippen LogP contribution in [0.25, 0.3) is 0 Å². The Morgan fingerprint density at radius 3 is 2.54 bits per heavy atom. The quantitative estimate of drug-likeness (QED) is 0.740. The van der Waals surface area contributed by atoms with Crippen LogP contribution in [0.3, 0.4) is 0 Å². The Morgan fingerprint density at radius 1 is 1.12 bits per heavy atom. The molecule has 0 atom stereocenters. The monoisotopic (exact) mass is 340 g/mol. The fourth-order valence-corrected chi connectivity index (χ4v) is 3.08. The molecule has 0 aliphatic carbocycles. The molecule has 1 heterocycles. The molecule has 0 radical (unpaired) electrons. The van der Waals surface area contributed by atoms with E-state index in [1.54, 1.807) is 24.3 Å². The third kappa shape index (κ3) is 3.85. The summed E-state index contributed by atoms with van der Waals surface area (Å²) < 4.78 is 0. The summed E-state index contributed by atoms with van der Waals surface area (Å²) in [6, 6.07) is 15.2. The number of nitrogens with zero attached hydrogens (tertiary/aromatic N) is 2. The second-order valence-corrected chi connectivity index (χ2v) is 6.49. The number of para-hydroxylation sites is 1. The van der Waals surface area contributed by atoms with Crippen LogP contribution < -0.4 is 4.90 Å². The number of amidine groups is 1. The van der Waals surface area contributed by atoms with E-state index in [9.17, 15) is 4.79 Å². The maximum Gasteiger partial charge on any atom is 0.182 e. The second kappa shape index (κ2) is 7.63.